The Labute approximate surface area is 83.5 Å². The summed E-state index contributed by atoms with van der Waals surface area (Å²) in [6.07, 6.45) is 1.57. The van der Waals surface area contributed by atoms with Gasteiger partial charge in [0.2, 0.25) is 0 Å². The highest BCUT2D eigenvalue weighted by molar-refractivity contribution is 4.86. The van der Waals surface area contributed by atoms with Crippen molar-refractivity contribution in [3.8, 4) is 0 Å². The summed E-state index contributed by atoms with van der Waals surface area (Å²) in [4.78, 5) is 4.15. The molecule has 1 fully saturated rings. The molecule has 1 aliphatic rings. The fourth-order valence-electron chi connectivity index (χ4n) is 1.62. The van der Waals surface area contributed by atoms with Crippen LogP contribution in [0.15, 0.2) is 6.33 Å². The van der Waals surface area contributed by atoms with Crippen molar-refractivity contribution >= 4 is 0 Å². The number of ether oxygens (including phenoxy) is 1. The molecular weight excluding hydrogens is 180 g/mol. The molecule has 78 valence electrons. The number of hydrogen-bond acceptors (Lipinski definition) is 4. The summed E-state index contributed by atoms with van der Waals surface area (Å²) in [5, 5.41) is 7.44. The van der Waals surface area contributed by atoms with Gasteiger partial charge >= 0.3 is 0 Å². The SMILES string of the molecule is CC1COCC1NCc1ncnn1C. The van der Waals surface area contributed by atoms with Gasteiger partial charge in [0.25, 0.3) is 0 Å². The first-order valence-corrected chi connectivity index (χ1v) is 4.91. The zero-order valence-electron chi connectivity index (χ0n) is 8.60. The molecule has 1 aromatic heterocycles. The van der Waals surface area contributed by atoms with Crippen molar-refractivity contribution < 1.29 is 4.74 Å². The van der Waals surface area contributed by atoms with Crippen LogP contribution in [0.4, 0.5) is 0 Å². The maximum Gasteiger partial charge on any atom is 0.140 e. The van der Waals surface area contributed by atoms with Crippen LogP contribution in [0.2, 0.25) is 0 Å². The Morgan fingerprint density at radius 2 is 2.50 bits per heavy atom. The van der Waals surface area contributed by atoms with Crippen LogP contribution in [-0.2, 0) is 18.3 Å². The summed E-state index contributed by atoms with van der Waals surface area (Å²) >= 11 is 0. The largest absolute Gasteiger partial charge is 0.379 e. The molecule has 5 nitrogen and oxygen atoms in total. The fourth-order valence-corrected chi connectivity index (χ4v) is 1.62. The molecule has 14 heavy (non-hydrogen) atoms. The van der Waals surface area contributed by atoms with E-state index in [2.05, 4.69) is 22.3 Å². The summed E-state index contributed by atoms with van der Waals surface area (Å²) in [6, 6.07) is 0.451. The standard InChI is InChI=1S/C9H16N4O/c1-7-4-14-5-8(7)10-3-9-11-6-12-13(9)2/h6-8,10H,3-5H2,1-2H3. The second kappa shape index (κ2) is 4.06. The lowest BCUT2D eigenvalue weighted by molar-refractivity contribution is 0.184. The van der Waals surface area contributed by atoms with E-state index in [0.717, 1.165) is 25.6 Å². The third-order valence-electron chi connectivity index (χ3n) is 2.69. The second-order valence-corrected chi connectivity index (χ2v) is 3.80. The average molecular weight is 196 g/mol. The molecule has 0 aliphatic carbocycles. The van der Waals surface area contributed by atoms with E-state index in [-0.39, 0.29) is 0 Å². The minimum Gasteiger partial charge on any atom is -0.379 e. The predicted molar refractivity (Wildman–Crippen MR) is 51.6 cm³/mol. The molecular formula is C9H16N4O. The Kier molecular flexibility index (Phi) is 2.79. The van der Waals surface area contributed by atoms with E-state index in [1.54, 1.807) is 11.0 Å². The van der Waals surface area contributed by atoms with Crippen molar-refractivity contribution in [2.75, 3.05) is 13.2 Å². The highest BCUT2D eigenvalue weighted by Crippen LogP contribution is 2.12. The van der Waals surface area contributed by atoms with Gasteiger partial charge in [0.1, 0.15) is 12.2 Å². The van der Waals surface area contributed by atoms with Gasteiger partial charge in [-0.05, 0) is 5.92 Å². The lowest BCUT2D eigenvalue weighted by Gasteiger charge is -2.14. The first kappa shape index (κ1) is 9.61. The molecule has 0 bridgehead atoms. The molecule has 2 atom stereocenters. The zero-order valence-corrected chi connectivity index (χ0v) is 8.60. The van der Waals surface area contributed by atoms with Crippen molar-refractivity contribution in [1.82, 2.24) is 20.1 Å². The molecule has 1 aromatic rings. The van der Waals surface area contributed by atoms with Crippen LogP contribution in [0, 0.1) is 5.92 Å². The third-order valence-corrected chi connectivity index (χ3v) is 2.69. The Hall–Kier alpha value is -0.940. The van der Waals surface area contributed by atoms with E-state index >= 15 is 0 Å². The molecule has 1 saturated heterocycles. The molecule has 2 rings (SSSR count). The van der Waals surface area contributed by atoms with Gasteiger partial charge in [-0.1, -0.05) is 6.92 Å². The van der Waals surface area contributed by atoms with Crippen molar-refractivity contribution in [2.24, 2.45) is 13.0 Å². The van der Waals surface area contributed by atoms with Crippen molar-refractivity contribution in [3.05, 3.63) is 12.2 Å². The number of rotatable bonds is 3. The number of aryl methyl sites for hydroxylation is 1. The quantitative estimate of drug-likeness (QED) is 0.736. The molecule has 0 amide bonds. The normalized spacial score (nSPS) is 27.0. The van der Waals surface area contributed by atoms with Crippen molar-refractivity contribution in [2.45, 2.75) is 19.5 Å². The lowest BCUT2D eigenvalue weighted by Crippen LogP contribution is -2.34. The van der Waals surface area contributed by atoms with Crippen LogP contribution in [-0.4, -0.2) is 34.0 Å². The predicted octanol–water partition coefficient (Wildman–Crippen LogP) is -0.0604. The Morgan fingerprint density at radius 3 is 3.07 bits per heavy atom. The monoisotopic (exact) mass is 196 g/mol. The fraction of sp³-hybridized carbons (Fsp3) is 0.778. The molecule has 0 spiro atoms. The van der Waals surface area contributed by atoms with E-state index in [1.807, 2.05) is 7.05 Å². The van der Waals surface area contributed by atoms with Crippen LogP contribution >= 0.6 is 0 Å². The molecule has 0 aromatic carbocycles. The lowest BCUT2D eigenvalue weighted by atomic mass is 10.1. The van der Waals surface area contributed by atoms with Crippen LogP contribution < -0.4 is 5.32 Å². The zero-order chi connectivity index (χ0) is 9.97. The van der Waals surface area contributed by atoms with Gasteiger partial charge < -0.3 is 10.1 Å². The van der Waals surface area contributed by atoms with Gasteiger partial charge in [0, 0.05) is 13.1 Å². The summed E-state index contributed by atoms with van der Waals surface area (Å²) in [7, 11) is 1.90. The van der Waals surface area contributed by atoms with Crippen molar-refractivity contribution in [3.63, 3.8) is 0 Å². The third kappa shape index (κ3) is 1.93. The Balaban J connectivity index is 1.85. The molecule has 1 N–H and O–H groups in total. The van der Waals surface area contributed by atoms with Gasteiger partial charge in [-0.25, -0.2) is 4.98 Å². The molecule has 1 aliphatic heterocycles. The maximum atomic E-state index is 5.36. The number of nitrogens with one attached hydrogen (secondary N) is 1. The molecule has 0 saturated carbocycles. The Morgan fingerprint density at radius 1 is 1.64 bits per heavy atom. The van der Waals surface area contributed by atoms with Crippen LogP contribution in [0.3, 0.4) is 0 Å². The highest BCUT2D eigenvalue weighted by Gasteiger charge is 2.23. The van der Waals surface area contributed by atoms with Crippen LogP contribution in [0.1, 0.15) is 12.7 Å². The maximum absolute atomic E-state index is 5.36. The number of nitrogens with zero attached hydrogens (tertiary/aromatic N) is 3. The van der Waals surface area contributed by atoms with Crippen LogP contribution in [0.5, 0.6) is 0 Å². The minimum atomic E-state index is 0.451. The smallest absolute Gasteiger partial charge is 0.140 e. The van der Waals surface area contributed by atoms with Gasteiger partial charge in [0.05, 0.1) is 19.8 Å². The summed E-state index contributed by atoms with van der Waals surface area (Å²) < 4.78 is 7.15. The first-order valence-electron chi connectivity index (χ1n) is 4.91. The topological polar surface area (TPSA) is 52.0 Å². The summed E-state index contributed by atoms with van der Waals surface area (Å²) in [5.74, 6) is 1.55. The first-order chi connectivity index (χ1) is 6.77. The van der Waals surface area contributed by atoms with Gasteiger partial charge in [-0.3, -0.25) is 4.68 Å². The van der Waals surface area contributed by atoms with Gasteiger partial charge in [-0.2, -0.15) is 5.10 Å². The van der Waals surface area contributed by atoms with E-state index in [4.69, 9.17) is 4.74 Å². The highest BCUT2D eigenvalue weighted by atomic mass is 16.5. The van der Waals surface area contributed by atoms with E-state index in [1.165, 1.54) is 0 Å². The van der Waals surface area contributed by atoms with E-state index < -0.39 is 0 Å². The minimum absolute atomic E-state index is 0.451. The average Bonchev–Trinajstić information content (AvgIpc) is 2.72. The molecule has 2 unspecified atom stereocenters. The molecule has 0 radical (unpaired) electrons. The number of aromatic nitrogens is 3. The second-order valence-electron chi connectivity index (χ2n) is 3.80. The van der Waals surface area contributed by atoms with Gasteiger partial charge in [-0.15, -0.1) is 0 Å². The van der Waals surface area contributed by atoms with Crippen molar-refractivity contribution in [1.29, 1.82) is 0 Å². The van der Waals surface area contributed by atoms with Gasteiger partial charge in [0.15, 0.2) is 0 Å². The van der Waals surface area contributed by atoms with E-state index in [0.29, 0.717) is 12.0 Å². The Bertz CT molecular complexity index is 299. The number of hydrogen-bond donors (Lipinski definition) is 1. The summed E-state index contributed by atoms with van der Waals surface area (Å²) in [5.41, 5.74) is 0. The summed E-state index contributed by atoms with van der Waals surface area (Å²) in [6.45, 7) is 4.62. The van der Waals surface area contributed by atoms with Crippen LogP contribution in [0.25, 0.3) is 0 Å². The van der Waals surface area contributed by atoms with E-state index in [9.17, 15) is 0 Å². The molecule has 5 heteroatoms. The molecule has 2 heterocycles.